The minimum Gasteiger partial charge on any atom is -0.478 e. The van der Waals surface area contributed by atoms with Crippen LogP contribution in [0.3, 0.4) is 0 Å². The average molecular weight is 266 g/mol. The molecule has 6 nitrogen and oxygen atoms in total. The molecule has 0 aromatic carbocycles. The highest BCUT2D eigenvalue weighted by Gasteiger charge is 2.18. The molecule has 0 spiro atoms. The van der Waals surface area contributed by atoms with Gasteiger partial charge in [-0.1, -0.05) is 0 Å². The van der Waals surface area contributed by atoms with E-state index in [4.69, 9.17) is 9.47 Å². The molecule has 2 rings (SSSR count). The summed E-state index contributed by atoms with van der Waals surface area (Å²) in [7, 11) is 0. The number of carbonyl (C=O) groups is 1. The number of hydrogen-bond acceptors (Lipinski definition) is 5. The van der Waals surface area contributed by atoms with Crippen LogP contribution in [-0.4, -0.2) is 48.5 Å². The van der Waals surface area contributed by atoms with Crippen LogP contribution in [0.1, 0.15) is 21.6 Å². The van der Waals surface area contributed by atoms with Crippen LogP contribution in [0.25, 0.3) is 0 Å². The molecule has 104 valence electrons. The molecule has 1 aliphatic heterocycles. The lowest BCUT2D eigenvalue weighted by molar-refractivity contribution is -0.0819. The number of carboxylic acid groups (broad SMARTS) is 1. The Morgan fingerprint density at radius 2 is 2.32 bits per heavy atom. The van der Waals surface area contributed by atoms with Gasteiger partial charge in [-0.3, -0.25) is 0 Å². The van der Waals surface area contributed by atoms with Crippen LogP contribution in [0.4, 0.5) is 5.82 Å². The molecule has 0 amide bonds. The normalized spacial score (nSPS) is 19.2. The minimum atomic E-state index is -0.978. The lowest BCUT2D eigenvalue weighted by Crippen LogP contribution is -2.34. The highest BCUT2D eigenvalue weighted by atomic mass is 16.6. The third-order valence-electron chi connectivity index (χ3n) is 2.94. The smallest absolute Gasteiger partial charge is 0.339 e. The van der Waals surface area contributed by atoms with Crippen molar-refractivity contribution in [3.63, 3.8) is 0 Å². The van der Waals surface area contributed by atoms with E-state index in [1.807, 2.05) is 6.92 Å². The number of nitrogens with one attached hydrogen (secondary N) is 1. The van der Waals surface area contributed by atoms with Crippen molar-refractivity contribution in [2.45, 2.75) is 20.0 Å². The Morgan fingerprint density at radius 3 is 2.95 bits per heavy atom. The molecule has 0 saturated carbocycles. The van der Waals surface area contributed by atoms with Gasteiger partial charge in [-0.2, -0.15) is 0 Å². The van der Waals surface area contributed by atoms with E-state index >= 15 is 0 Å². The zero-order valence-electron chi connectivity index (χ0n) is 11.1. The lowest BCUT2D eigenvalue weighted by atomic mass is 10.1. The summed E-state index contributed by atoms with van der Waals surface area (Å²) >= 11 is 0. The van der Waals surface area contributed by atoms with E-state index in [1.165, 1.54) is 0 Å². The number of ether oxygens (including phenoxy) is 2. The summed E-state index contributed by atoms with van der Waals surface area (Å²) < 4.78 is 10.8. The quantitative estimate of drug-likeness (QED) is 0.853. The molecule has 0 radical (unpaired) electrons. The first kappa shape index (κ1) is 13.8. The second-order valence-electron chi connectivity index (χ2n) is 4.56. The fraction of sp³-hybridized carbons (Fsp3) is 0.538. The molecule has 2 heterocycles. The van der Waals surface area contributed by atoms with Crippen LogP contribution in [0.5, 0.6) is 0 Å². The van der Waals surface area contributed by atoms with Gasteiger partial charge in [0.2, 0.25) is 0 Å². The highest BCUT2D eigenvalue weighted by Crippen LogP contribution is 2.19. The van der Waals surface area contributed by atoms with Crippen LogP contribution in [0, 0.1) is 13.8 Å². The highest BCUT2D eigenvalue weighted by molar-refractivity contribution is 5.94. The van der Waals surface area contributed by atoms with Gasteiger partial charge >= 0.3 is 5.97 Å². The topological polar surface area (TPSA) is 80.7 Å². The van der Waals surface area contributed by atoms with Crippen molar-refractivity contribution < 1.29 is 19.4 Å². The molecule has 1 aromatic heterocycles. The van der Waals surface area contributed by atoms with Crippen LogP contribution >= 0.6 is 0 Å². The molecule has 1 unspecified atom stereocenters. The zero-order valence-corrected chi connectivity index (χ0v) is 11.1. The molecule has 1 aromatic rings. The molecule has 1 atom stereocenters. The van der Waals surface area contributed by atoms with Crippen molar-refractivity contribution in [1.29, 1.82) is 0 Å². The summed E-state index contributed by atoms with van der Waals surface area (Å²) in [6.07, 6.45) is -0.0713. The standard InChI is InChI=1S/C13H18N2O4/c1-8-5-9(2)15-12(11(8)13(16)17)14-6-10-7-18-3-4-19-10/h5,10H,3-4,6-7H2,1-2H3,(H,14,15)(H,16,17). The zero-order chi connectivity index (χ0) is 13.8. The molecule has 0 aliphatic carbocycles. The largest absolute Gasteiger partial charge is 0.478 e. The van der Waals surface area contributed by atoms with Gasteiger partial charge in [0.1, 0.15) is 11.4 Å². The number of aryl methyl sites for hydroxylation is 2. The first-order valence-electron chi connectivity index (χ1n) is 6.22. The molecule has 0 bridgehead atoms. The number of carboxylic acids is 1. The van der Waals surface area contributed by atoms with Crippen LogP contribution in [0.2, 0.25) is 0 Å². The van der Waals surface area contributed by atoms with Gasteiger partial charge in [0, 0.05) is 12.2 Å². The number of aromatic nitrogens is 1. The maximum Gasteiger partial charge on any atom is 0.339 e. The van der Waals surface area contributed by atoms with E-state index in [2.05, 4.69) is 10.3 Å². The summed E-state index contributed by atoms with van der Waals surface area (Å²) in [6, 6.07) is 1.76. The number of pyridine rings is 1. The van der Waals surface area contributed by atoms with Gasteiger partial charge in [0.25, 0.3) is 0 Å². The Balaban J connectivity index is 2.12. The van der Waals surface area contributed by atoms with Gasteiger partial charge in [0.05, 0.1) is 25.9 Å². The van der Waals surface area contributed by atoms with Crippen LogP contribution in [-0.2, 0) is 9.47 Å². The Labute approximate surface area is 111 Å². The first-order valence-corrected chi connectivity index (χ1v) is 6.22. The number of aromatic carboxylic acids is 1. The van der Waals surface area contributed by atoms with Gasteiger partial charge in [-0.05, 0) is 25.5 Å². The average Bonchev–Trinajstić information content (AvgIpc) is 2.36. The van der Waals surface area contributed by atoms with E-state index in [1.54, 1.807) is 13.0 Å². The molecular weight excluding hydrogens is 248 g/mol. The Kier molecular flexibility index (Phi) is 4.34. The van der Waals surface area contributed by atoms with Crippen molar-refractivity contribution in [1.82, 2.24) is 4.98 Å². The van der Waals surface area contributed by atoms with Gasteiger partial charge in [-0.25, -0.2) is 9.78 Å². The summed E-state index contributed by atoms with van der Waals surface area (Å²) in [4.78, 5) is 15.5. The fourth-order valence-electron chi connectivity index (χ4n) is 2.10. The molecule has 1 saturated heterocycles. The third kappa shape index (κ3) is 3.42. The van der Waals surface area contributed by atoms with E-state index in [9.17, 15) is 9.90 Å². The number of anilines is 1. The molecule has 1 fully saturated rings. The summed E-state index contributed by atoms with van der Waals surface area (Å²) in [5, 5.41) is 12.3. The number of nitrogens with zero attached hydrogens (tertiary/aromatic N) is 1. The summed E-state index contributed by atoms with van der Waals surface area (Å²) in [6.45, 7) is 5.78. The predicted octanol–water partition coefficient (Wildman–Crippen LogP) is 1.22. The fourth-order valence-corrected chi connectivity index (χ4v) is 2.10. The number of hydrogen-bond donors (Lipinski definition) is 2. The predicted molar refractivity (Wildman–Crippen MR) is 69.7 cm³/mol. The third-order valence-corrected chi connectivity index (χ3v) is 2.94. The number of rotatable bonds is 4. The molecular formula is C13H18N2O4. The van der Waals surface area contributed by atoms with Crippen molar-refractivity contribution in [2.24, 2.45) is 0 Å². The van der Waals surface area contributed by atoms with Crippen molar-refractivity contribution in [2.75, 3.05) is 31.7 Å². The second kappa shape index (κ2) is 5.99. The molecule has 2 N–H and O–H groups in total. The Morgan fingerprint density at radius 1 is 1.53 bits per heavy atom. The van der Waals surface area contributed by atoms with E-state index in [0.29, 0.717) is 37.7 Å². The monoisotopic (exact) mass is 266 g/mol. The molecule has 1 aliphatic rings. The van der Waals surface area contributed by atoms with Gasteiger partial charge < -0.3 is 19.9 Å². The molecule has 19 heavy (non-hydrogen) atoms. The Bertz CT molecular complexity index is 470. The first-order chi connectivity index (χ1) is 9.08. The van der Waals surface area contributed by atoms with Crippen molar-refractivity contribution in [3.8, 4) is 0 Å². The SMILES string of the molecule is Cc1cc(C)c(C(=O)O)c(NCC2COCCO2)n1. The lowest BCUT2D eigenvalue weighted by Gasteiger charge is -2.23. The van der Waals surface area contributed by atoms with E-state index < -0.39 is 5.97 Å². The van der Waals surface area contributed by atoms with Crippen molar-refractivity contribution >= 4 is 11.8 Å². The van der Waals surface area contributed by atoms with Gasteiger partial charge in [-0.15, -0.1) is 0 Å². The van der Waals surface area contributed by atoms with E-state index in [0.717, 1.165) is 5.69 Å². The van der Waals surface area contributed by atoms with E-state index in [-0.39, 0.29) is 11.7 Å². The summed E-state index contributed by atoms with van der Waals surface area (Å²) in [5.41, 5.74) is 1.69. The maximum absolute atomic E-state index is 11.3. The van der Waals surface area contributed by atoms with Crippen LogP contribution < -0.4 is 5.32 Å². The maximum atomic E-state index is 11.3. The van der Waals surface area contributed by atoms with Crippen LogP contribution in [0.15, 0.2) is 6.07 Å². The van der Waals surface area contributed by atoms with Gasteiger partial charge in [0.15, 0.2) is 0 Å². The van der Waals surface area contributed by atoms with Crippen molar-refractivity contribution in [3.05, 3.63) is 22.9 Å². The Hall–Kier alpha value is -1.66. The summed E-state index contributed by atoms with van der Waals surface area (Å²) in [5.74, 6) is -0.590. The second-order valence-corrected chi connectivity index (χ2v) is 4.56. The minimum absolute atomic E-state index is 0.0713. The molecule has 6 heteroatoms.